The molecule has 0 aliphatic heterocycles. The first-order valence-corrected chi connectivity index (χ1v) is 10.7. The van der Waals surface area contributed by atoms with Gasteiger partial charge in [-0.25, -0.2) is 4.99 Å². The Bertz CT molecular complexity index is 750. The maximum atomic E-state index is 12.2. The van der Waals surface area contributed by atoms with E-state index in [1.165, 1.54) is 11.1 Å². The second kappa shape index (κ2) is 10.3. The highest BCUT2D eigenvalue weighted by molar-refractivity contribution is 7.86. The van der Waals surface area contributed by atoms with Gasteiger partial charge in [0, 0.05) is 46.8 Å². The molecule has 2 N–H and O–H groups in total. The van der Waals surface area contributed by atoms with Gasteiger partial charge in [-0.3, -0.25) is 8.89 Å². The van der Waals surface area contributed by atoms with Gasteiger partial charge >= 0.3 is 0 Å². The minimum absolute atomic E-state index is 0.192. The van der Waals surface area contributed by atoms with Crippen LogP contribution >= 0.6 is 0 Å². The van der Waals surface area contributed by atoms with Crippen LogP contribution in [0.25, 0.3) is 0 Å². The molecule has 1 heterocycles. The smallest absolute Gasteiger partial charge is 0.191 e. The summed E-state index contributed by atoms with van der Waals surface area (Å²) in [5, 5.41) is 10.8. The molecule has 27 heavy (non-hydrogen) atoms. The van der Waals surface area contributed by atoms with E-state index in [2.05, 4.69) is 27.9 Å². The van der Waals surface area contributed by atoms with Gasteiger partial charge in [0.25, 0.3) is 0 Å². The maximum absolute atomic E-state index is 12.2. The van der Waals surface area contributed by atoms with Crippen molar-refractivity contribution in [2.45, 2.75) is 45.5 Å². The molecule has 2 rings (SSSR count). The quantitative estimate of drug-likeness (QED) is 0.538. The monoisotopic (exact) mass is 389 g/mol. The molecule has 0 bridgehead atoms. The van der Waals surface area contributed by atoms with Crippen molar-refractivity contribution in [3.05, 3.63) is 53.9 Å². The highest BCUT2D eigenvalue weighted by Crippen LogP contribution is 2.12. The molecule has 0 spiro atoms. The van der Waals surface area contributed by atoms with Crippen LogP contribution in [0.2, 0.25) is 0 Å². The van der Waals surface area contributed by atoms with E-state index >= 15 is 0 Å². The third-order valence-electron chi connectivity index (χ3n) is 4.02. The van der Waals surface area contributed by atoms with E-state index in [1.54, 1.807) is 6.20 Å². The van der Waals surface area contributed by atoms with Gasteiger partial charge in [0.15, 0.2) is 5.96 Å². The maximum Gasteiger partial charge on any atom is 0.191 e. The molecule has 7 heteroatoms. The van der Waals surface area contributed by atoms with Crippen molar-refractivity contribution in [2.24, 2.45) is 4.99 Å². The fourth-order valence-corrected chi connectivity index (χ4v) is 3.41. The van der Waals surface area contributed by atoms with Crippen LogP contribution < -0.4 is 10.6 Å². The Morgan fingerprint density at radius 1 is 1.19 bits per heavy atom. The Labute approximate surface area is 164 Å². The summed E-state index contributed by atoms with van der Waals surface area (Å²) in [7, 11) is -0.875. The van der Waals surface area contributed by atoms with Gasteiger partial charge in [0.1, 0.15) is 0 Å². The predicted molar refractivity (Wildman–Crippen MR) is 113 cm³/mol. The highest BCUT2D eigenvalue weighted by atomic mass is 32.2. The van der Waals surface area contributed by atoms with E-state index in [0.29, 0.717) is 18.8 Å². The molecule has 0 saturated carbocycles. The Morgan fingerprint density at radius 2 is 1.93 bits per heavy atom. The van der Waals surface area contributed by atoms with Crippen molar-refractivity contribution in [3.63, 3.8) is 0 Å². The van der Waals surface area contributed by atoms with E-state index < -0.39 is 10.8 Å². The molecule has 0 saturated heterocycles. The predicted octanol–water partition coefficient (Wildman–Crippen LogP) is 2.53. The number of nitrogens with zero attached hydrogens (tertiary/aromatic N) is 3. The summed E-state index contributed by atoms with van der Waals surface area (Å²) in [5.41, 5.74) is 2.37. The molecule has 0 fully saturated rings. The first-order valence-electron chi connectivity index (χ1n) is 9.35. The van der Waals surface area contributed by atoms with Gasteiger partial charge in [-0.1, -0.05) is 24.3 Å². The van der Waals surface area contributed by atoms with Crippen LogP contribution in [0.3, 0.4) is 0 Å². The first kappa shape index (κ1) is 21.2. The number of hydrogen-bond donors (Lipinski definition) is 2. The number of hydrogen-bond acceptors (Lipinski definition) is 3. The summed E-state index contributed by atoms with van der Waals surface area (Å²) in [6.45, 7) is 10.8. The van der Waals surface area contributed by atoms with Gasteiger partial charge in [0.05, 0.1) is 13.1 Å². The lowest BCUT2D eigenvalue weighted by atomic mass is 10.1. The second-order valence-corrected chi connectivity index (χ2v) is 9.58. The fraction of sp³-hybridized carbons (Fsp3) is 0.500. The summed E-state index contributed by atoms with van der Waals surface area (Å²) < 4.78 is 13.9. The number of benzene rings is 1. The van der Waals surface area contributed by atoms with Gasteiger partial charge in [-0.05, 0) is 44.9 Å². The lowest BCUT2D eigenvalue weighted by molar-refractivity contribution is 0.647. The molecule has 2 aromatic rings. The molecule has 1 atom stereocenters. The molecule has 148 valence electrons. The number of aromatic nitrogens is 2. The van der Waals surface area contributed by atoms with Gasteiger partial charge in [0.2, 0.25) is 0 Å². The van der Waals surface area contributed by atoms with Crippen molar-refractivity contribution in [1.29, 1.82) is 0 Å². The standard InChI is InChI=1S/C20H31N5OS/c1-5-21-19(22-12-14-27(26)20(2,3)4)23-15-17-9-6-7-10-18(17)16-25-13-8-11-24-25/h6-11,13H,5,12,14-16H2,1-4H3,(H2,21,22,23). The largest absolute Gasteiger partial charge is 0.357 e. The van der Waals surface area contributed by atoms with Crippen LogP contribution in [-0.2, 0) is 23.9 Å². The van der Waals surface area contributed by atoms with Crippen molar-refractivity contribution < 1.29 is 4.21 Å². The van der Waals surface area contributed by atoms with Crippen molar-refractivity contribution >= 4 is 16.8 Å². The Balaban J connectivity index is 1.99. The van der Waals surface area contributed by atoms with E-state index in [-0.39, 0.29) is 4.75 Å². The zero-order valence-corrected chi connectivity index (χ0v) is 17.6. The minimum atomic E-state index is -0.875. The van der Waals surface area contributed by atoms with E-state index in [9.17, 15) is 4.21 Å². The third-order valence-corrected chi connectivity index (χ3v) is 5.97. The van der Waals surface area contributed by atoms with Crippen LogP contribution in [0.5, 0.6) is 0 Å². The van der Waals surface area contributed by atoms with Crippen molar-refractivity contribution in [1.82, 2.24) is 20.4 Å². The van der Waals surface area contributed by atoms with Gasteiger partial charge in [-0.15, -0.1) is 0 Å². The van der Waals surface area contributed by atoms with E-state index in [1.807, 2.05) is 56.8 Å². The van der Waals surface area contributed by atoms with Gasteiger partial charge < -0.3 is 10.6 Å². The number of rotatable bonds is 8. The van der Waals surface area contributed by atoms with Crippen molar-refractivity contribution in [3.8, 4) is 0 Å². The third kappa shape index (κ3) is 7.17. The molecule has 0 aliphatic carbocycles. The Kier molecular flexibility index (Phi) is 8.03. The number of aliphatic imine (C=N–C) groups is 1. The lowest BCUT2D eigenvalue weighted by Gasteiger charge is -2.18. The zero-order valence-electron chi connectivity index (χ0n) is 16.7. The topological polar surface area (TPSA) is 71.3 Å². The number of nitrogens with one attached hydrogen (secondary N) is 2. The summed E-state index contributed by atoms with van der Waals surface area (Å²) >= 11 is 0. The Hall–Kier alpha value is -2.15. The molecule has 0 aliphatic rings. The fourth-order valence-electron chi connectivity index (χ4n) is 2.51. The van der Waals surface area contributed by atoms with Crippen LogP contribution in [0.15, 0.2) is 47.7 Å². The van der Waals surface area contributed by atoms with Crippen LogP contribution in [0.4, 0.5) is 0 Å². The van der Waals surface area contributed by atoms with E-state index in [4.69, 9.17) is 4.99 Å². The SMILES string of the molecule is CCNC(=NCc1ccccc1Cn1cccn1)NCCS(=O)C(C)(C)C. The molecule has 6 nitrogen and oxygen atoms in total. The average Bonchev–Trinajstić information content (AvgIpc) is 3.13. The Morgan fingerprint density at radius 3 is 2.56 bits per heavy atom. The van der Waals surface area contributed by atoms with Crippen LogP contribution in [-0.4, -0.2) is 43.5 Å². The molecule has 1 aromatic carbocycles. The average molecular weight is 390 g/mol. The first-order chi connectivity index (χ1) is 12.9. The lowest BCUT2D eigenvalue weighted by Crippen LogP contribution is -2.40. The second-order valence-electron chi connectivity index (χ2n) is 7.26. The zero-order chi connectivity index (χ0) is 19.7. The minimum Gasteiger partial charge on any atom is -0.357 e. The number of guanidine groups is 1. The molecule has 0 radical (unpaired) electrons. The normalized spacial score (nSPS) is 13.4. The molecule has 0 amide bonds. The molecular formula is C20H31N5OS. The van der Waals surface area contributed by atoms with E-state index in [0.717, 1.165) is 19.0 Å². The summed E-state index contributed by atoms with van der Waals surface area (Å²) in [4.78, 5) is 4.70. The highest BCUT2D eigenvalue weighted by Gasteiger charge is 2.18. The molecule has 1 aromatic heterocycles. The summed E-state index contributed by atoms with van der Waals surface area (Å²) in [6.07, 6.45) is 3.75. The molecular weight excluding hydrogens is 358 g/mol. The van der Waals surface area contributed by atoms with Gasteiger partial charge in [-0.2, -0.15) is 5.10 Å². The van der Waals surface area contributed by atoms with Crippen LogP contribution in [0, 0.1) is 0 Å². The summed E-state index contributed by atoms with van der Waals surface area (Å²) in [6, 6.07) is 10.2. The van der Waals surface area contributed by atoms with Crippen molar-refractivity contribution in [2.75, 3.05) is 18.8 Å². The molecule has 1 unspecified atom stereocenters. The summed E-state index contributed by atoms with van der Waals surface area (Å²) in [5.74, 6) is 1.35. The van der Waals surface area contributed by atoms with Crippen LogP contribution in [0.1, 0.15) is 38.8 Å².